The first-order valence-electron chi connectivity index (χ1n) is 5.52. The maximum absolute atomic E-state index is 12.8. The molecule has 94 valence electrons. The molecule has 0 bridgehead atoms. The number of rotatable bonds is 4. The lowest BCUT2D eigenvalue weighted by atomic mass is 9.98. The Kier molecular flexibility index (Phi) is 3.25. The van der Waals surface area contributed by atoms with Gasteiger partial charge < -0.3 is 10.4 Å². The second kappa shape index (κ2) is 4.70. The van der Waals surface area contributed by atoms with Crippen molar-refractivity contribution in [2.24, 2.45) is 0 Å². The normalized spacial score (nSPS) is 12.6. The molecule has 18 heavy (non-hydrogen) atoms. The molecule has 0 amide bonds. The monoisotopic (exact) mass is 249 g/mol. The van der Waals surface area contributed by atoms with Gasteiger partial charge in [-0.25, -0.2) is 4.39 Å². The van der Waals surface area contributed by atoms with Crippen LogP contribution < -0.4 is 16.2 Å². The predicted octanol–water partition coefficient (Wildman–Crippen LogP) is 0.881. The number of nitrogens with one attached hydrogen (secondary N) is 1. The number of hydrogen-bond acceptors (Lipinski definition) is 4. The van der Waals surface area contributed by atoms with Gasteiger partial charge in [0.1, 0.15) is 5.82 Å². The predicted molar refractivity (Wildman–Crippen MR) is 66.9 cm³/mol. The van der Waals surface area contributed by atoms with Crippen LogP contribution in [0.4, 0.5) is 10.1 Å². The van der Waals surface area contributed by atoms with E-state index in [1.54, 1.807) is 6.92 Å². The van der Waals surface area contributed by atoms with Gasteiger partial charge in [-0.1, -0.05) is 12.1 Å². The van der Waals surface area contributed by atoms with Crippen molar-refractivity contribution in [2.45, 2.75) is 13.0 Å². The molecular weight excluding hydrogens is 237 g/mol. The van der Waals surface area contributed by atoms with Gasteiger partial charge in [-0.3, -0.25) is 9.59 Å². The van der Waals surface area contributed by atoms with E-state index in [0.717, 1.165) is 0 Å². The molecule has 0 aromatic heterocycles. The maximum atomic E-state index is 12.8. The van der Waals surface area contributed by atoms with Crippen molar-refractivity contribution >= 4 is 5.69 Å². The highest BCUT2D eigenvalue weighted by Crippen LogP contribution is 2.23. The Morgan fingerprint density at radius 2 is 1.83 bits per heavy atom. The van der Waals surface area contributed by atoms with Gasteiger partial charge in [-0.15, -0.1) is 0 Å². The van der Waals surface area contributed by atoms with E-state index in [1.165, 1.54) is 24.3 Å². The molecule has 0 aliphatic carbocycles. The smallest absolute Gasteiger partial charge is 0.250 e. The number of anilines is 1. The summed E-state index contributed by atoms with van der Waals surface area (Å²) in [5.41, 5.74) is -0.257. The van der Waals surface area contributed by atoms with Gasteiger partial charge in [0.15, 0.2) is 0 Å². The Balaban J connectivity index is 2.34. The molecule has 0 saturated carbocycles. The van der Waals surface area contributed by atoms with Crippen molar-refractivity contribution in [1.29, 1.82) is 0 Å². The van der Waals surface area contributed by atoms with E-state index >= 15 is 0 Å². The number of halogens is 1. The molecule has 1 atom stereocenters. The van der Waals surface area contributed by atoms with E-state index in [1.807, 2.05) is 0 Å². The topological polar surface area (TPSA) is 66.4 Å². The molecule has 0 saturated heterocycles. The molecule has 0 spiro atoms. The third kappa shape index (κ3) is 2.17. The van der Waals surface area contributed by atoms with Gasteiger partial charge >= 0.3 is 0 Å². The number of benzene rings is 1. The maximum Gasteiger partial charge on any atom is 0.250 e. The molecule has 4 nitrogen and oxygen atoms in total. The summed E-state index contributed by atoms with van der Waals surface area (Å²) in [6, 6.07) is 5.34. The van der Waals surface area contributed by atoms with Crippen molar-refractivity contribution in [3.05, 3.63) is 50.5 Å². The first-order chi connectivity index (χ1) is 8.50. The Morgan fingerprint density at radius 1 is 1.22 bits per heavy atom. The molecule has 0 heterocycles. The summed E-state index contributed by atoms with van der Waals surface area (Å²) >= 11 is 0. The van der Waals surface area contributed by atoms with Crippen LogP contribution in [0.15, 0.2) is 33.9 Å². The Hall–Kier alpha value is -2.01. The van der Waals surface area contributed by atoms with Crippen LogP contribution >= 0.6 is 0 Å². The van der Waals surface area contributed by atoms with Crippen LogP contribution in [0.2, 0.25) is 0 Å². The van der Waals surface area contributed by atoms with Gasteiger partial charge in [-0.2, -0.15) is 0 Å². The first-order valence-corrected chi connectivity index (χ1v) is 5.52. The number of aliphatic hydroxyl groups excluding tert-OH is 1. The van der Waals surface area contributed by atoms with Crippen molar-refractivity contribution < 1.29 is 9.50 Å². The van der Waals surface area contributed by atoms with Gasteiger partial charge in [0, 0.05) is 6.54 Å². The molecule has 2 N–H and O–H groups in total. The Morgan fingerprint density at radius 3 is 2.39 bits per heavy atom. The lowest BCUT2D eigenvalue weighted by Crippen LogP contribution is -2.37. The second-order valence-electron chi connectivity index (χ2n) is 4.15. The first kappa shape index (κ1) is 12.4. The van der Waals surface area contributed by atoms with Crippen LogP contribution in [-0.2, 0) is 0 Å². The molecule has 0 fully saturated rings. The summed E-state index contributed by atoms with van der Waals surface area (Å²) in [5.74, 6) is -0.407. The average Bonchev–Trinajstić information content (AvgIpc) is 2.34. The van der Waals surface area contributed by atoms with Gasteiger partial charge in [-0.05, 0) is 24.6 Å². The van der Waals surface area contributed by atoms with Crippen LogP contribution in [0.5, 0.6) is 0 Å². The molecule has 2 aromatic carbocycles. The minimum Gasteiger partial charge on any atom is -0.392 e. The van der Waals surface area contributed by atoms with E-state index in [-0.39, 0.29) is 17.8 Å². The van der Waals surface area contributed by atoms with Crippen LogP contribution in [0, 0.1) is 5.82 Å². The quantitative estimate of drug-likeness (QED) is 0.789. The highest BCUT2D eigenvalue weighted by molar-refractivity contribution is 5.81. The van der Waals surface area contributed by atoms with E-state index in [9.17, 15) is 14.0 Å². The second-order valence-corrected chi connectivity index (χ2v) is 4.15. The largest absolute Gasteiger partial charge is 0.392 e. The highest BCUT2D eigenvalue weighted by Gasteiger charge is 2.22. The van der Waals surface area contributed by atoms with Crippen molar-refractivity contribution in [2.75, 3.05) is 11.9 Å². The van der Waals surface area contributed by atoms with Crippen LogP contribution in [0.25, 0.3) is 11.1 Å². The molecule has 2 aromatic rings. The molecule has 0 unspecified atom stereocenters. The van der Waals surface area contributed by atoms with E-state index in [0.29, 0.717) is 5.56 Å². The summed E-state index contributed by atoms with van der Waals surface area (Å²) in [7, 11) is 0. The summed E-state index contributed by atoms with van der Waals surface area (Å²) in [6.07, 6.45) is -0.629. The lowest BCUT2D eigenvalue weighted by Gasteiger charge is -2.14. The molecule has 5 heteroatoms. The Labute approximate surface area is 102 Å². The van der Waals surface area contributed by atoms with Crippen molar-refractivity contribution in [3.8, 4) is 11.1 Å². The fraction of sp³-hybridized carbons (Fsp3) is 0.231. The minimum absolute atomic E-state index is 0.180. The van der Waals surface area contributed by atoms with Gasteiger partial charge in [0.05, 0.1) is 17.4 Å². The fourth-order valence-electron chi connectivity index (χ4n) is 1.70. The average molecular weight is 249 g/mol. The van der Waals surface area contributed by atoms with Gasteiger partial charge in [0.25, 0.3) is 0 Å². The van der Waals surface area contributed by atoms with E-state index < -0.39 is 22.8 Å². The zero-order chi connectivity index (χ0) is 13.3. The van der Waals surface area contributed by atoms with Crippen LogP contribution in [0.1, 0.15) is 6.92 Å². The minimum atomic E-state index is -0.629. The summed E-state index contributed by atoms with van der Waals surface area (Å²) in [5, 5.41) is 11.9. The zero-order valence-electron chi connectivity index (χ0n) is 9.74. The molecule has 0 aliphatic heterocycles. The summed E-state index contributed by atoms with van der Waals surface area (Å²) in [4.78, 5) is 22.9. The van der Waals surface area contributed by atoms with Gasteiger partial charge in [0.2, 0.25) is 10.9 Å². The highest BCUT2D eigenvalue weighted by atomic mass is 19.1. The molecule has 0 aliphatic rings. The zero-order valence-corrected chi connectivity index (χ0v) is 9.74. The third-order valence-electron chi connectivity index (χ3n) is 2.62. The molecule has 2 rings (SSSR count). The van der Waals surface area contributed by atoms with Crippen molar-refractivity contribution in [3.63, 3.8) is 0 Å². The fourth-order valence-corrected chi connectivity index (χ4v) is 1.70. The molecular formula is C13H12FNO3. The van der Waals surface area contributed by atoms with E-state index in [2.05, 4.69) is 5.32 Å². The standard InChI is InChI=1S/C13H12FNO3/c1-7(16)6-15-11-10(12(17)13(11)18)8-2-4-9(14)5-3-8/h2-5,7,15-16H,6H2,1H3/t7-/m1/s1. The van der Waals surface area contributed by atoms with Crippen LogP contribution in [-0.4, -0.2) is 17.8 Å². The third-order valence-corrected chi connectivity index (χ3v) is 2.62. The lowest BCUT2D eigenvalue weighted by molar-refractivity contribution is 0.208. The number of aliphatic hydroxyl groups is 1. The van der Waals surface area contributed by atoms with Crippen molar-refractivity contribution in [1.82, 2.24) is 0 Å². The summed E-state index contributed by atoms with van der Waals surface area (Å²) < 4.78 is 12.8. The SMILES string of the molecule is C[C@@H](O)CNc1c(-c2ccc(F)cc2)c(=O)c1=O. The van der Waals surface area contributed by atoms with E-state index in [4.69, 9.17) is 5.11 Å². The summed E-state index contributed by atoms with van der Waals surface area (Å²) in [6.45, 7) is 1.75. The Bertz CT molecular complexity index is 624. The van der Waals surface area contributed by atoms with Crippen LogP contribution in [0.3, 0.4) is 0 Å². The molecule has 0 radical (unpaired) electrons. The number of hydrogen-bond donors (Lipinski definition) is 2.